The van der Waals surface area contributed by atoms with Crippen LogP contribution in [-0.4, -0.2) is 14.8 Å². The van der Waals surface area contributed by atoms with E-state index in [-0.39, 0.29) is 5.24 Å². The Bertz CT molecular complexity index is 180. The standard InChI is InChI=1S/C4H6N2.C2H3ClO/c1-6-3-2-5-4-6;1-2(3)4/h2-4H,1H3;1H3. The zero-order valence-corrected chi connectivity index (χ0v) is 6.67. The molecule has 0 aliphatic heterocycles. The second-order valence-electron chi connectivity index (χ2n) is 1.70. The minimum atomic E-state index is -0.361. The molecule has 0 radical (unpaired) electrons. The average molecular weight is 161 g/mol. The van der Waals surface area contributed by atoms with Crippen molar-refractivity contribution >= 4 is 16.8 Å². The molecule has 3 nitrogen and oxygen atoms in total. The van der Waals surface area contributed by atoms with E-state index >= 15 is 0 Å². The molecule has 1 aromatic heterocycles. The van der Waals surface area contributed by atoms with Crippen LogP contribution in [0.25, 0.3) is 0 Å². The summed E-state index contributed by atoms with van der Waals surface area (Å²) in [5.41, 5.74) is 0. The van der Waals surface area contributed by atoms with Crippen molar-refractivity contribution in [1.82, 2.24) is 9.55 Å². The van der Waals surface area contributed by atoms with Crippen LogP contribution in [0.3, 0.4) is 0 Å². The van der Waals surface area contributed by atoms with Crippen molar-refractivity contribution in [1.29, 1.82) is 0 Å². The van der Waals surface area contributed by atoms with Gasteiger partial charge >= 0.3 is 0 Å². The number of carbonyl (C=O) groups excluding carboxylic acids is 1. The van der Waals surface area contributed by atoms with Crippen molar-refractivity contribution in [2.24, 2.45) is 7.05 Å². The average Bonchev–Trinajstić information content (AvgIpc) is 2.15. The Morgan fingerprint density at radius 2 is 2.20 bits per heavy atom. The first-order valence-electron chi connectivity index (χ1n) is 2.71. The summed E-state index contributed by atoms with van der Waals surface area (Å²) < 4.78 is 1.89. The maximum Gasteiger partial charge on any atom is 0.218 e. The molecule has 1 rings (SSSR count). The highest BCUT2D eigenvalue weighted by Crippen LogP contribution is 1.73. The molecular formula is C6H9ClN2O. The molecule has 0 aromatic carbocycles. The van der Waals surface area contributed by atoms with Crippen LogP contribution in [0.15, 0.2) is 18.7 Å². The van der Waals surface area contributed by atoms with E-state index in [2.05, 4.69) is 16.6 Å². The van der Waals surface area contributed by atoms with Crippen molar-refractivity contribution in [2.45, 2.75) is 6.92 Å². The van der Waals surface area contributed by atoms with E-state index in [1.165, 1.54) is 6.92 Å². The zero-order valence-electron chi connectivity index (χ0n) is 5.91. The molecule has 0 saturated heterocycles. The van der Waals surface area contributed by atoms with Gasteiger partial charge in [-0.05, 0) is 11.6 Å². The third kappa shape index (κ3) is 7.17. The number of carbonyl (C=O) groups is 1. The SMILES string of the molecule is CC(=O)Cl.Cn1ccnc1. The minimum absolute atomic E-state index is 0.361. The molecule has 1 aromatic rings. The fourth-order valence-corrected chi connectivity index (χ4v) is 0.326. The topological polar surface area (TPSA) is 34.9 Å². The van der Waals surface area contributed by atoms with Gasteiger partial charge in [0.1, 0.15) is 0 Å². The smallest absolute Gasteiger partial charge is 0.218 e. The van der Waals surface area contributed by atoms with Crippen molar-refractivity contribution in [3.05, 3.63) is 18.7 Å². The Morgan fingerprint density at radius 1 is 1.70 bits per heavy atom. The Morgan fingerprint density at radius 3 is 2.30 bits per heavy atom. The molecule has 0 bridgehead atoms. The summed E-state index contributed by atoms with van der Waals surface area (Å²) in [7, 11) is 1.94. The van der Waals surface area contributed by atoms with Crippen molar-refractivity contribution in [2.75, 3.05) is 0 Å². The van der Waals surface area contributed by atoms with Gasteiger partial charge in [-0.25, -0.2) is 4.98 Å². The normalized spacial score (nSPS) is 7.90. The van der Waals surface area contributed by atoms with Gasteiger partial charge in [-0.2, -0.15) is 0 Å². The van der Waals surface area contributed by atoms with Gasteiger partial charge in [-0.1, -0.05) is 0 Å². The van der Waals surface area contributed by atoms with E-state index in [1.54, 1.807) is 12.5 Å². The molecule has 0 fully saturated rings. The summed E-state index contributed by atoms with van der Waals surface area (Å²) >= 11 is 4.64. The molecule has 0 saturated carbocycles. The van der Waals surface area contributed by atoms with E-state index in [0.29, 0.717) is 0 Å². The van der Waals surface area contributed by atoms with Gasteiger partial charge in [0.25, 0.3) is 0 Å². The van der Waals surface area contributed by atoms with Crippen LogP contribution in [0.2, 0.25) is 0 Å². The largest absolute Gasteiger partial charge is 0.341 e. The fraction of sp³-hybridized carbons (Fsp3) is 0.333. The Balaban J connectivity index is 0.000000180. The molecule has 1 heterocycles. The van der Waals surface area contributed by atoms with Gasteiger partial charge < -0.3 is 4.57 Å². The van der Waals surface area contributed by atoms with Crippen molar-refractivity contribution < 1.29 is 4.79 Å². The maximum absolute atomic E-state index is 9.21. The first-order valence-corrected chi connectivity index (χ1v) is 3.08. The van der Waals surface area contributed by atoms with Crippen molar-refractivity contribution in [3.8, 4) is 0 Å². The molecule has 0 N–H and O–H groups in total. The van der Waals surface area contributed by atoms with Crippen LogP contribution >= 0.6 is 11.6 Å². The van der Waals surface area contributed by atoms with Gasteiger partial charge in [0.15, 0.2) is 0 Å². The Kier molecular flexibility index (Phi) is 4.58. The third-order valence-electron chi connectivity index (χ3n) is 0.637. The molecule has 0 aliphatic carbocycles. The summed E-state index contributed by atoms with van der Waals surface area (Å²) in [6.07, 6.45) is 5.39. The predicted molar refractivity (Wildman–Crippen MR) is 39.7 cm³/mol. The number of hydrogen-bond donors (Lipinski definition) is 0. The van der Waals surface area contributed by atoms with Crippen molar-refractivity contribution in [3.63, 3.8) is 0 Å². The van der Waals surface area contributed by atoms with E-state index < -0.39 is 0 Å². The lowest BCUT2D eigenvalue weighted by Gasteiger charge is -1.76. The lowest BCUT2D eigenvalue weighted by molar-refractivity contribution is -0.109. The van der Waals surface area contributed by atoms with Gasteiger partial charge in [-0.3, -0.25) is 4.79 Å². The van der Waals surface area contributed by atoms with Crippen LogP contribution in [0, 0.1) is 0 Å². The summed E-state index contributed by atoms with van der Waals surface area (Å²) in [6.45, 7) is 1.29. The number of rotatable bonds is 0. The molecular weight excluding hydrogens is 152 g/mol. The number of nitrogens with zero attached hydrogens (tertiary/aromatic N) is 2. The number of halogens is 1. The molecule has 4 heteroatoms. The van der Waals surface area contributed by atoms with E-state index in [0.717, 1.165) is 0 Å². The van der Waals surface area contributed by atoms with Crippen LogP contribution in [0.5, 0.6) is 0 Å². The summed E-state index contributed by atoms with van der Waals surface area (Å²) in [6, 6.07) is 0. The second kappa shape index (κ2) is 4.99. The molecule has 0 aliphatic rings. The predicted octanol–water partition coefficient (Wildman–Crippen LogP) is 1.19. The highest BCUT2D eigenvalue weighted by Gasteiger charge is 1.69. The number of hydrogen-bond acceptors (Lipinski definition) is 2. The highest BCUT2D eigenvalue weighted by molar-refractivity contribution is 6.62. The quantitative estimate of drug-likeness (QED) is 0.535. The molecule has 10 heavy (non-hydrogen) atoms. The summed E-state index contributed by atoms with van der Waals surface area (Å²) in [5.74, 6) is 0. The van der Waals surface area contributed by atoms with Crippen LogP contribution in [0.1, 0.15) is 6.92 Å². The molecule has 0 spiro atoms. The van der Waals surface area contributed by atoms with Crippen LogP contribution < -0.4 is 0 Å². The van der Waals surface area contributed by atoms with Gasteiger partial charge in [0.2, 0.25) is 5.24 Å². The van der Waals surface area contributed by atoms with Crippen LogP contribution in [0.4, 0.5) is 0 Å². The monoisotopic (exact) mass is 160 g/mol. The molecule has 0 unspecified atom stereocenters. The minimum Gasteiger partial charge on any atom is -0.341 e. The molecule has 56 valence electrons. The second-order valence-corrected chi connectivity index (χ2v) is 2.23. The zero-order chi connectivity index (χ0) is 7.98. The van der Waals surface area contributed by atoms with E-state index in [1.807, 2.05) is 17.8 Å². The lowest BCUT2D eigenvalue weighted by Crippen LogP contribution is -1.76. The van der Waals surface area contributed by atoms with Crippen LogP contribution in [-0.2, 0) is 11.8 Å². The molecule has 0 atom stereocenters. The number of aryl methyl sites for hydroxylation is 1. The van der Waals surface area contributed by atoms with Gasteiger partial charge in [-0.15, -0.1) is 0 Å². The first kappa shape index (κ1) is 9.17. The highest BCUT2D eigenvalue weighted by atomic mass is 35.5. The van der Waals surface area contributed by atoms with Gasteiger partial charge in [0.05, 0.1) is 6.33 Å². The Hall–Kier alpha value is -0.830. The lowest BCUT2D eigenvalue weighted by atomic mass is 10.9. The third-order valence-corrected chi connectivity index (χ3v) is 0.637. The fourth-order valence-electron chi connectivity index (χ4n) is 0.326. The summed E-state index contributed by atoms with van der Waals surface area (Å²) in [5, 5.41) is -0.361. The molecule has 0 amide bonds. The van der Waals surface area contributed by atoms with E-state index in [9.17, 15) is 4.79 Å². The van der Waals surface area contributed by atoms with Gasteiger partial charge in [0, 0.05) is 26.4 Å². The first-order chi connectivity index (χ1) is 4.63. The number of imidazole rings is 1. The number of aromatic nitrogens is 2. The maximum atomic E-state index is 9.21. The summed E-state index contributed by atoms with van der Waals surface area (Å²) in [4.78, 5) is 13.0. The Labute approximate surface area is 64.6 Å². The van der Waals surface area contributed by atoms with E-state index in [4.69, 9.17) is 0 Å².